The zero-order valence-corrected chi connectivity index (χ0v) is 27.0. The molecule has 228 valence electrons. The number of ether oxygens (including phenoxy) is 2. The Morgan fingerprint density at radius 1 is 1.12 bits per heavy atom. The van der Waals surface area contributed by atoms with E-state index in [2.05, 4.69) is 10.3 Å². The molecule has 1 aliphatic rings. The predicted molar refractivity (Wildman–Crippen MR) is 150 cm³/mol. The zero-order valence-electron chi connectivity index (χ0n) is 25.0. The molecule has 3 atom stereocenters. The number of amides is 1. The molecule has 0 aromatic carbocycles. The summed E-state index contributed by atoms with van der Waals surface area (Å²) in [6, 6.07) is 1.14. The van der Waals surface area contributed by atoms with Crippen LogP contribution in [0.4, 0.5) is 19.4 Å². The number of nitrogens with zero attached hydrogens (tertiary/aromatic N) is 2. The van der Waals surface area contributed by atoms with Crippen LogP contribution in [0.5, 0.6) is 0 Å². The predicted octanol–water partition coefficient (Wildman–Crippen LogP) is 5.21. The maximum Gasteiger partial charge on any atom is 0.412 e. The van der Waals surface area contributed by atoms with Crippen molar-refractivity contribution >= 4 is 34.5 Å². The summed E-state index contributed by atoms with van der Waals surface area (Å²) in [5.41, 5.74) is -1.09. The van der Waals surface area contributed by atoms with E-state index in [1.54, 1.807) is 0 Å². The van der Waals surface area contributed by atoms with Crippen LogP contribution in [0.2, 0.25) is 36.3 Å². The van der Waals surface area contributed by atoms with Gasteiger partial charge >= 0.3 is 23.7 Å². The molecule has 40 heavy (non-hydrogen) atoms. The van der Waals surface area contributed by atoms with Crippen LogP contribution in [-0.2, 0) is 23.1 Å². The molecule has 11 nitrogen and oxygen atoms in total. The summed E-state index contributed by atoms with van der Waals surface area (Å²) in [5.74, 6) is -5.03. The Bertz CT molecular complexity index is 1130. The monoisotopic (exact) mass is 607 g/mol. The van der Waals surface area contributed by atoms with Crippen molar-refractivity contribution in [3.8, 4) is 0 Å². The van der Waals surface area contributed by atoms with Gasteiger partial charge in [0.25, 0.3) is 0 Å². The lowest BCUT2D eigenvalue weighted by atomic mass is 10.1. The van der Waals surface area contributed by atoms with Gasteiger partial charge in [-0.05, 0) is 42.3 Å². The van der Waals surface area contributed by atoms with Gasteiger partial charge in [0.1, 0.15) is 24.6 Å². The van der Waals surface area contributed by atoms with Crippen molar-refractivity contribution in [2.75, 3.05) is 18.5 Å². The van der Waals surface area contributed by atoms with E-state index < -0.39 is 71.8 Å². The molecule has 15 heteroatoms. The van der Waals surface area contributed by atoms with Crippen molar-refractivity contribution in [3.63, 3.8) is 0 Å². The smallest absolute Gasteiger partial charge is 0.412 e. The van der Waals surface area contributed by atoms with Crippen LogP contribution in [0.1, 0.15) is 54.2 Å². The van der Waals surface area contributed by atoms with Crippen molar-refractivity contribution in [1.82, 2.24) is 9.55 Å². The van der Waals surface area contributed by atoms with E-state index in [0.29, 0.717) is 4.57 Å². The minimum Gasteiger partial charge on any atom is -0.481 e. The molecule has 0 bridgehead atoms. The Hall–Kier alpha value is -2.21. The summed E-state index contributed by atoms with van der Waals surface area (Å²) in [6.07, 6.45) is -5.25. The molecule has 1 amide bonds. The number of rotatable bonds is 10. The van der Waals surface area contributed by atoms with Crippen molar-refractivity contribution in [1.29, 1.82) is 0 Å². The Morgan fingerprint density at radius 3 is 2.20 bits per heavy atom. The van der Waals surface area contributed by atoms with Crippen molar-refractivity contribution in [2.24, 2.45) is 0 Å². The lowest BCUT2D eigenvalue weighted by molar-refractivity contribution is -0.138. The Labute approximate surface area is 235 Å². The summed E-state index contributed by atoms with van der Waals surface area (Å²) in [4.78, 5) is 38.9. The number of aliphatic carboxylic acids is 1. The third-order valence-corrected chi connectivity index (χ3v) is 16.8. The number of carboxylic acids is 1. The second-order valence-corrected chi connectivity index (χ2v) is 22.5. The van der Waals surface area contributed by atoms with Crippen LogP contribution in [0.3, 0.4) is 0 Å². The molecule has 0 radical (unpaired) electrons. The number of carbonyl (C=O) groups is 2. The minimum atomic E-state index is -3.62. The normalized spacial score (nSPS) is 21.8. The lowest BCUT2D eigenvalue weighted by Crippen LogP contribution is -2.53. The first kappa shape index (κ1) is 34.0. The fourth-order valence-corrected chi connectivity index (χ4v) is 5.59. The fourth-order valence-electron chi connectivity index (χ4n) is 3.28. The first-order valence-corrected chi connectivity index (χ1v) is 18.9. The van der Waals surface area contributed by atoms with Crippen molar-refractivity contribution < 1.29 is 41.8 Å². The third kappa shape index (κ3) is 7.96. The topological polar surface area (TPSA) is 138 Å². The SMILES string of the molecule is CC(C)(C)[Si](C)(C)OCC1OC(n2ccc(NC(=O)OCCC(=O)O)nc2=O)C(F)(F)C1O[Si](C)(C)C(C)(C)C. The quantitative estimate of drug-likeness (QED) is 0.343. The van der Waals surface area contributed by atoms with Gasteiger partial charge in [0.2, 0.25) is 6.23 Å². The van der Waals surface area contributed by atoms with Crippen LogP contribution in [-0.4, -0.2) is 74.7 Å². The van der Waals surface area contributed by atoms with Gasteiger partial charge in [0.15, 0.2) is 16.6 Å². The lowest BCUT2D eigenvalue weighted by Gasteiger charge is -2.41. The van der Waals surface area contributed by atoms with Crippen LogP contribution in [0.15, 0.2) is 17.1 Å². The van der Waals surface area contributed by atoms with E-state index in [4.69, 9.17) is 23.4 Å². The van der Waals surface area contributed by atoms with Gasteiger partial charge in [-0.25, -0.2) is 9.59 Å². The molecule has 3 unspecified atom stereocenters. The van der Waals surface area contributed by atoms with Gasteiger partial charge < -0.3 is 23.4 Å². The van der Waals surface area contributed by atoms with Crippen LogP contribution >= 0.6 is 0 Å². The second-order valence-electron chi connectivity index (χ2n) is 13.0. The number of carboxylic acid groups (broad SMARTS) is 1. The van der Waals surface area contributed by atoms with E-state index in [-0.39, 0.29) is 22.5 Å². The summed E-state index contributed by atoms with van der Waals surface area (Å²) >= 11 is 0. The van der Waals surface area contributed by atoms with Gasteiger partial charge in [-0.2, -0.15) is 13.8 Å². The van der Waals surface area contributed by atoms with Crippen molar-refractivity contribution in [3.05, 3.63) is 22.7 Å². The van der Waals surface area contributed by atoms with Gasteiger partial charge in [0.05, 0.1) is 13.0 Å². The van der Waals surface area contributed by atoms with E-state index in [9.17, 15) is 14.4 Å². The Morgan fingerprint density at radius 2 is 1.70 bits per heavy atom. The number of nitrogens with one attached hydrogen (secondary N) is 1. The molecular formula is C25H43F2N3O8Si2. The second kappa shape index (κ2) is 12.0. The van der Waals surface area contributed by atoms with E-state index >= 15 is 8.78 Å². The average Bonchev–Trinajstić information content (AvgIpc) is 3.00. The maximum absolute atomic E-state index is 16.1. The molecule has 2 heterocycles. The number of halogens is 2. The molecule has 0 spiro atoms. The Balaban J connectivity index is 2.36. The van der Waals surface area contributed by atoms with Crippen molar-refractivity contribution in [2.45, 2.75) is 109 Å². The summed E-state index contributed by atoms with van der Waals surface area (Å²) in [5, 5.41) is 10.3. The van der Waals surface area contributed by atoms with Gasteiger partial charge in [-0.3, -0.25) is 14.7 Å². The van der Waals surface area contributed by atoms with Gasteiger partial charge in [-0.15, -0.1) is 0 Å². The molecule has 1 saturated heterocycles. The first-order chi connectivity index (χ1) is 18.0. The summed E-state index contributed by atoms with van der Waals surface area (Å²) in [6.45, 7) is 19.2. The summed E-state index contributed by atoms with van der Waals surface area (Å²) in [7, 11) is -5.04. The average molecular weight is 608 g/mol. The molecule has 1 fully saturated rings. The highest BCUT2D eigenvalue weighted by Crippen LogP contribution is 2.48. The number of carbonyl (C=O) groups excluding carboxylic acids is 1. The largest absolute Gasteiger partial charge is 0.481 e. The standard InChI is InChI=1S/C25H43F2N3O8Si2/c1-23(2,3)39(7,8)36-15-16-19(38-40(9,10)24(4,5)6)25(26,27)20(37-16)30-13-11-17(28-21(30)33)29-22(34)35-14-12-18(31)32/h11,13,16,19-20H,12,14-15H2,1-10H3,(H,31,32)(H,28,29,33,34). The molecule has 2 rings (SSSR count). The highest BCUT2D eigenvalue weighted by Gasteiger charge is 2.63. The molecule has 2 N–H and O–H groups in total. The molecule has 1 aromatic heterocycles. The first-order valence-electron chi connectivity index (χ1n) is 13.1. The third-order valence-electron chi connectivity index (χ3n) is 7.85. The maximum atomic E-state index is 16.1. The fraction of sp³-hybridized carbons (Fsp3) is 0.760. The minimum absolute atomic E-state index is 0.133. The van der Waals surface area contributed by atoms with Crippen LogP contribution < -0.4 is 11.0 Å². The van der Waals surface area contributed by atoms with E-state index in [1.807, 2.05) is 67.7 Å². The molecule has 1 aliphatic heterocycles. The molecule has 0 aliphatic carbocycles. The number of alkyl halides is 2. The number of aromatic nitrogens is 2. The molecular weight excluding hydrogens is 564 g/mol. The number of anilines is 1. The number of hydrogen-bond acceptors (Lipinski definition) is 8. The number of hydrogen-bond donors (Lipinski definition) is 2. The Kier molecular flexibility index (Phi) is 10.2. The highest BCUT2D eigenvalue weighted by molar-refractivity contribution is 6.74. The molecule has 1 aromatic rings. The van der Waals surface area contributed by atoms with E-state index in [1.165, 1.54) is 0 Å². The highest BCUT2D eigenvalue weighted by atomic mass is 28.4. The van der Waals surface area contributed by atoms with Gasteiger partial charge in [-0.1, -0.05) is 41.5 Å². The van der Waals surface area contributed by atoms with Crippen LogP contribution in [0, 0.1) is 0 Å². The zero-order chi connectivity index (χ0) is 30.9. The molecule has 0 saturated carbocycles. The van der Waals surface area contributed by atoms with E-state index in [0.717, 1.165) is 12.3 Å². The van der Waals surface area contributed by atoms with Gasteiger partial charge in [0, 0.05) is 6.20 Å². The summed E-state index contributed by atoms with van der Waals surface area (Å²) < 4.78 is 55.8. The van der Waals surface area contributed by atoms with Crippen LogP contribution in [0.25, 0.3) is 0 Å².